The van der Waals surface area contributed by atoms with Crippen LogP contribution in [0.1, 0.15) is 17.5 Å². The van der Waals surface area contributed by atoms with E-state index in [2.05, 4.69) is 10.3 Å². The van der Waals surface area contributed by atoms with Crippen LogP contribution in [-0.2, 0) is 17.6 Å². The van der Waals surface area contributed by atoms with E-state index in [1.165, 1.54) is 6.07 Å². The summed E-state index contributed by atoms with van der Waals surface area (Å²) in [6.07, 6.45) is 4.74. The number of pyridine rings is 1. The first-order valence-corrected chi connectivity index (χ1v) is 7.29. The van der Waals surface area contributed by atoms with Crippen LogP contribution >= 0.6 is 0 Å². The summed E-state index contributed by atoms with van der Waals surface area (Å²) in [6.45, 7) is 0.539. The smallest absolute Gasteiger partial charge is 0.221 e. The molecule has 5 heteroatoms. The molecule has 1 atom stereocenters. The highest BCUT2D eigenvalue weighted by Gasteiger charge is 2.12. The normalized spacial score (nSPS) is 11.9. The second-order valence-corrected chi connectivity index (χ2v) is 5.22. The third kappa shape index (κ3) is 5.26. The van der Waals surface area contributed by atoms with Crippen molar-refractivity contribution in [3.63, 3.8) is 0 Å². The Hall–Kier alpha value is -2.27. The molecule has 0 fully saturated rings. The number of carbonyl (C=O) groups excluding carboxylic acids is 1. The average Bonchev–Trinajstić information content (AvgIpc) is 2.50. The van der Waals surface area contributed by atoms with E-state index in [0.717, 1.165) is 12.0 Å². The predicted molar refractivity (Wildman–Crippen MR) is 83.6 cm³/mol. The largest absolute Gasteiger partial charge is 0.356 e. The molecule has 0 aliphatic carbocycles. The Morgan fingerprint density at radius 2 is 2.09 bits per heavy atom. The van der Waals surface area contributed by atoms with Gasteiger partial charge in [0.05, 0.1) is 0 Å². The molecular weight excluding hydrogens is 281 g/mol. The van der Waals surface area contributed by atoms with Gasteiger partial charge >= 0.3 is 0 Å². The first-order valence-electron chi connectivity index (χ1n) is 7.29. The summed E-state index contributed by atoms with van der Waals surface area (Å²) < 4.78 is 13.5. The lowest BCUT2D eigenvalue weighted by atomic mass is 10.0. The maximum absolute atomic E-state index is 13.5. The number of benzene rings is 1. The van der Waals surface area contributed by atoms with Crippen LogP contribution in [-0.4, -0.2) is 23.5 Å². The van der Waals surface area contributed by atoms with Gasteiger partial charge in [-0.15, -0.1) is 0 Å². The van der Waals surface area contributed by atoms with Crippen molar-refractivity contribution in [2.24, 2.45) is 5.73 Å². The molecular formula is C17H20FN3O. The van der Waals surface area contributed by atoms with Crippen molar-refractivity contribution in [2.45, 2.75) is 25.3 Å². The molecule has 1 aromatic heterocycles. The molecule has 2 aromatic rings. The molecule has 0 aliphatic heterocycles. The summed E-state index contributed by atoms with van der Waals surface area (Å²) in [6, 6.07) is 9.92. The van der Waals surface area contributed by atoms with Gasteiger partial charge in [0.2, 0.25) is 5.91 Å². The van der Waals surface area contributed by atoms with E-state index in [1.807, 2.05) is 12.1 Å². The number of rotatable bonds is 7. The first-order chi connectivity index (χ1) is 10.6. The summed E-state index contributed by atoms with van der Waals surface area (Å²) in [5, 5.41) is 2.82. The number of amides is 1. The van der Waals surface area contributed by atoms with Gasteiger partial charge < -0.3 is 11.1 Å². The van der Waals surface area contributed by atoms with Crippen LogP contribution in [0.2, 0.25) is 0 Å². The van der Waals surface area contributed by atoms with Gasteiger partial charge in [-0.05, 0) is 36.1 Å². The number of hydrogen-bond donors (Lipinski definition) is 2. The summed E-state index contributed by atoms with van der Waals surface area (Å²) in [5.41, 5.74) is 7.53. The molecule has 1 amide bonds. The van der Waals surface area contributed by atoms with Gasteiger partial charge in [-0.25, -0.2) is 4.39 Å². The zero-order valence-corrected chi connectivity index (χ0v) is 12.3. The van der Waals surface area contributed by atoms with Crippen molar-refractivity contribution in [3.8, 4) is 0 Å². The average molecular weight is 301 g/mol. The van der Waals surface area contributed by atoms with Crippen LogP contribution < -0.4 is 11.1 Å². The first kappa shape index (κ1) is 16.1. The number of carbonyl (C=O) groups is 1. The molecule has 116 valence electrons. The topological polar surface area (TPSA) is 68.0 Å². The van der Waals surface area contributed by atoms with Gasteiger partial charge in [0.25, 0.3) is 0 Å². The van der Waals surface area contributed by atoms with Gasteiger partial charge in [-0.2, -0.15) is 0 Å². The van der Waals surface area contributed by atoms with Crippen LogP contribution in [0.25, 0.3) is 0 Å². The molecule has 22 heavy (non-hydrogen) atoms. The number of nitrogens with one attached hydrogen (secondary N) is 1. The lowest BCUT2D eigenvalue weighted by Crippen LogP contribution is -2.34. The number of aromatic nitrogens is 1. The molecule has 4 nitrogen and oxygen atoms in total. The molecule has 1 aromatic carbocycles. The third-order valence-corrected chi connectivity index (χ3v) is 3.35. The van der Waals surface area contributed by atoms with Crippen molar-refractivity contribution in [1.82, 2.24) is 10.3 Å². The van der Waals surface area contributed by atoms with Crippen LogP contribution in [0, 0.1) is 5.82 Å². The van der Waals surface area contributed by atoms with Gasteiger partial charge in [-0.3, -0.25) is 9.78 Å². The fraction of sp³-hybridized carbons (Fsp3) is 0.294. The van der Waals surface area contributed by atoms with Gasteiger partial charge in [0.15, 0.2) is 0 Å². The van der Waals surface area contributed by atoms with E-state index in [9.17, 15) is 9.18 Å². The lowest BCUT2D eigenvalue weighted by Gasteiger charge is -2.12. The Balaban J connectivity index is 1.71. The van der Waals surface area contributed by atoms with Crippen LogP contribution in [0.3, 0.4) is 0 Å². The molecule has 0 radical (unpaired) electrons. The minimum absolute atomic E-state index is 0.118. The number of halogens is 1. The van der Waals surface area contributed by atoms with Crippen molar-refractivity contribution < 1.29 is 9.18 Å². The summed E-state index contributed by atoms with van der Waals surface area (Å²) in [7, 11) is 0. The van der Waals surface area contributed by atoms with E-state index < -0.39 is 6.04 Å². The second kappa shape index (κ2) is 8.24. The summed E-state index contributed by atoms with van der Waals surface area (Å²) in [5.74, 6) is -0.400. The van der Waals surface area contributed by atoms with Crippen LogP contribution in [0.4, 0.5) is 4.39 Å². The monoisotopic (exact) mass is 301 g/mol. The molecule has 0 spiro atoms. The molecule has 0 saturated heterocycles. The standard InChI is InChI=1S/C17H20FN3O/c18-16-6-2-1-5-14(16)10-15(19)11-17(22)21-9-7-13-4-3-8-20-12-13/h1-6,8,12,15H,7,9-11,19H2,(H,21,22)/t15-/m1/s1. The van der Waals surface area contributed by atoms with E-state index in [4.69, 9.17) is 5.73 Å². The number of nitrogens with zero attached hydrogens (tertiary/aromatic N) is 1. The van der Waals surface area contributed by atoms with Crippen molar-refractivity contribution >= 4 is 5.91 Å². The Kier molecular flexibility index (Phi) is 6.03. The maximum atomic E-state index is 13.5. The quantitative estimate of drug-likeness (QED) is 0.820. The molecule has 3 N–H and O–H groups in total. The van der Waals surface area contributed by atoms with Crippen molar-refractivity contribution in [2.75, 3.05) is 6.54 Å². The van der Waals surface area contributed by atoms with Crippen molar-refractivity contribution in [3.05, 3.63) is 65.7 Å². The van der Waals surface area contributed by atoms with Gasteiger partial charge in [-0.1, -0.05) is 24.3 Å². The highest BCUT2D eigenvalue weighted by molar-refractivity contribution is 5.76. The minimum atomic E-state index is -0.393. The van der Waals surface area contributed by atoms with Crippen molar-refractivity contribution in [1.29, 1.82) is 0 Å². The zero-order valence-electron chi connectivity index (χ0n) is 12.3. The van der Waals surface area contributed by atoms with Gasteiger partial charge in [0.1, 0.15) is 5.82 Å². The summed E-state index contributed by atoms with van der Waals surface area (Å²) in [4.78, 5) is 15.8. The van der Waals surface area contributed by atoms with E-state index in [1.54, 1.807) is 30.6 Å². The highest BCUT2D eigenvalue weighted by Crippen LogP contribution is 2.09. The molecule has 0 saturated carbocycles. The number of hydrogen-bond acceptors (Lipinski definition) is 3. The Bertz CT molecular complexity index is 604. The molecule has 1 heterocycles. The minimum Gasteiger partial charge on any atom is -0.356 e. The Morgan fingerprint density at radius 3 is 2.82 bits per heavy atom. The molecule has 0 aliphatic rings. The Labute approximate surface area is 129 Å². The lowest BCUT2D eigenvalue weighted by molar-refractivity contribution is -0.121. The molecule has 2 rings (SSSR count). The van der Waals surface area contributed by atoms with Crippen LogP contribution in [0.5, 0.6) is 0 Å². The van der Waals surface area contributed by atoms with E-state index >= 15 is 0 Å². The molecule has 0 bridgehead atoms. The Morgan fingerprint density at radius 1 is 1.27 bits per heavy atom. The number of nitrogens with two attached hydrogens (primary N) is 1. The predicted octanol–water partition coefficient (Wildman–Crippen LogP) is 1.84. The molecule has 0 unspecified atom stereocenters. The maximum Gasteiger partial charge on any atom is 0.221 e. The zero-order chi connectivity index (χ0) is 15.8. The fourth-order valence-corrected chi connectivity index (χ4v) is 2.22. The summed E-state index contributed by atoms with van der Waals surface area (Å²) >= 11 is 0. The fourth-order valence-electron chi connectivity index (χ4n) is 2.22. The van der Waals surface area contributed by atoms with Crippen LogP contribution in [0.15, 0.2) is 48.8 Å². The van der Waals surface area contributed by atoms with E-state index in [-0.39, 0.29) is 18.1 Å². The SMILES string of the molecule is N[C@@H](CC(=O)NCCc1cccnc1)Cc1ccccc1F. The van der Waals surface area contributed by atoms with Gasteiger partial charge in [0, 0.05) is 31.4 Å². The third-order valence-electron chi connectivity index (χ3n) is 3.35. The second-order valence-electron chi connectivity index (χ2n) is 5.22. The highest BCUT2D eigenvalue weighted by atomic mass is 19.1. The van der Waals surface area contributed by atoms with E-state index in [0.29, 0.717) is 18.5 Å².